The Morgan fingerprint density at radius 1 is 1.71 bits per heavy atom. The van der Waals surface area contributed by atoms with Crippen molar-refractivity contribution >= 4 is 0 Å². The summed E-state index contributed by atoms with van der Waals surface area (Å²) in [5.41, 5.74) is 2.52. The average molecular weight is 103 g/mol. The van der Waals surface area contributed by atoms with Gasteiger partial charge in [0.1, 0.15) is 6.73 Å². The van der Waals surface area contributed by atoms with Gasteiger partial charge in [-0.25, -0.2) is 0 Å². The normalized spacial score (nSPS) is 10.0. The average Bonchev–Trinajstić information content (AvgIpc) is 1.69. The summed E-state index contributed by atoms with van der Waals surface area (Å²) in [6.45, 7) is 0.414. The molecule has 4 heteroatoms. The Labute approximate surface area is 42.5 Å². The third-order valence-electron chi connectivity index (χ3n) is 0.380. The summed E-state index contributed by atoms with van der Waals surface area (Å²) in [5.74, 6) is 0. The summed E-state index contributed by atoms with van der Waals surface area (Å²) in [7, 11) is 3.17. The Kier molecular flexibility index (Phi) is 4.87. The second kappa shape index (κ2) is 5.36. The highest BCUT2D eigenvalue weighted by atomic mass is 16.5. The van der Waals surface area contributed by atoms with Crippen LogP contribution in [0.4, 0.5) is 0 Å². The third kappa shape index (κ3) is 5.36. The van der Waals surface area contributed by atoms with E-state index in [1.54, 1.807) is 14.2 Å². The molecule has 0 bridgehead atoms. The molecule has 0 aromatic rings. The van der Waals surface area contributed by atoms with Crippen LogP contribution in [0.5, 0.6) is 0 Å². The Morgan fingerprint density at radius 3 is 2.86 bits per heavy atom. The van der Waals surface area contributed by atoms with E-state index in [2.05, 4.69) is 20.5 Å². The fourth-order valence-electron chi connectivity index (χ4n) is 0.164. The van der Waals surface area contributed by atoms with Crippen LogP contribution in [-0.4, -0.2) is 20.9 Å². The van der Waals surface area contributed by atoms with Crippen LogP contribution in [0.1, 0.15) is 0 Å². The number of rotatable bonds is 3. The van der Waals surface area contributed by atoms with Crippen LogP contribution in [-0.2, 0) is 4.74 Å². The number of methoxy groups -OCH3 is 1. The van der Waals surface area contributed by atoms with Gasteiger partial charge in [-0.1, -0.05) is 5.22 Å². The van der Waals surface area contributed by atoms with E-state index in [1.807, 2.05) is 0 Å². The summed E-state index contributed by atoms with van der Waals surface area (Å²) < 4.78 is 4.58. The van der Waals surface area contributed by atoms with Crippen molar-refractivity contribution in [3.05, 3.63) is 0 Å². The van der Waals surface area contributed by atoms with E-state index in [9.17, 15) is 0 Å². The van der Waals surface area contributed by atoms with Crippen molar-refractivity contribution in [1.29, 1.82) is 0 Å². The SMILES string of the molecule is CN=NNCOC. The second-order valence-electron chi connectivity index (χ2n) is 0.891. The number of nitrogens with one attached hydrogen (secondary N) is 1. The Bertz CT molecular complexity index is 54.1. The largest absolute Gasteiger partial charge is 0.363 e. The van der Waals surface area contributed by atoms with Gasteiger partial charge in [0.05, 0.1) is 7.05 Å². The Morgan fingerprint density at radius 2 is 2.43 bits per heavy atom. The molecule has 0 spiro atoms. The van der Waals surface area contributed by atoms with Gasteiger partial charge < -0.3 is 4.74 Å². The molecule has 4 nitrogen and oxygen atoms in total. The van der Waals surface area contributed by atoms with Gasteiger partial charge in [-0.3, -0.25) is 5.43 Å². The third-order valence-corrected chi connectivity index (χ3v) is 0.380. The molecule has 0 aliphatic rings. The number of ether oxygens (including phenoxy) is 1. The molecular formula is C3H9N3O. The first-order valence-corrected chi connectivity index (χ1v) is 1.92. The molecule has 0 unspecified atom stereocenters. The lowest BCUT2D eigenvalue weighted by Crippen LogP contribution is -2.07. The van der Waals surface area contributed by atoms with Gasteiger partial charge in [0.2, 0.25) is 0 Å². The molecule has 42 valence electrons. The van der Waals surface area contributed by atoms with Crippen molar-refractivity contribution in [3.8, 4) is 0 Å². The molecule has 0 saturated carbocycles. The van der Waals surface area contributed by atoms with Gasteiger partial charge in [0.25, 0.3) is 0 Å². The van der Waals surface area contributed by atoms with Crippen LogP contribution in [0.15, 0.2) is 10.3 Å². The van der Waals surface area contributed by atoms with E-state index in [4.69, 9.17) is 0 Å². The fourth-order valence-corrected chi connectivity index (χ4v) is 0.164. The minimum absolute atomic E-state index is 0.414. The van der Waals surface area contributed by atoms with Gasteiger partial charge in [-0.05, 0) is 0 Å². The molecule has 0 aromatic heterocycles. The molecule has 1 N–H and O–H groups in total. The van der Waals surface area contributed by atoms with Crippen molar-refractivity contribution in [2.24, 2.45) is 10.3 Å². The lowest BCUT2D eigenvalue weighted by atomic mass is 11.3. The molecule has 0 radical (unpaired) electrons. The predicted octanol–water partition coefficient (Wildman–Crippen LogP) is 0.177. The van der Waals surface area contributed by atoms with Crippen LogP contribution in [0.25, 0.3) is 0 Å². The number of hydrogen-bond donors (Lipinski definition) is 1. The van der Waals surface area contributed by atoms with E-state index < -0.39 is 0 Å². The van der Waals surface area contributed by atoms with Crippen molar-refractivity contribution in [2.45, 2.75) is 0 Å². The lowest BCUT2D eigenvalue weighted by Gasteiger charge is -1.91. The van der Waals surface area contributed by atoms with Crippen molar-refractivity contribution in [3.63, 3.8) is 0 Å². The minimum atomic E-state index is 0.414. The lowest BCUT2D eigenvalue weighted by molar-refractivity contribution is 0.174. The molecule has 0 aliphatic heterocycles. The maximum atomic E-state index is 4.58. The van der Waals surface area contributed by atoms with Crippen LogP contribution < -0.4 is 5.43 Å². The van der Waals surface area contributed by atoms with E-state index in [1.165, 1.54) is 0 Å². The molecule has 0 heterocycles. The van der Waals surface area contributed by atoms with E-state index in [0.717, 1.165) is 0 Å². The minimum Gasteiger partial charge on any atom is -0.363 e. The summed E-state index contributed by atoms with van der Waals surface area (Å²) in [6.07, 6.45) is 0. The van der Waals surface area contributed by atoms with Crippen LogP contribution >= 0.6 is 0 Å². The zero-order valence-electron chi connectivity index (χ0n) is 4.51. The van der Waals surface area contributed by atoms with Crippen molar-refractivity contribution in [1.82, 2.24) is 5.43 Å². The summed E-state index contributed by atoms with van der Waals surface area (Å²) in [5, 5.41) is 6.82. The van der Waals surface area contributed by atoms with Crippen molar-refractivity contribution in [2.75, 3.05) is 20.9 Å². The highest BCUT2D eigenvalue weighted by Crippen LogP contribution is 1.60. The molecule has 0 atom stereocenters. The molecule has 7 heavy (non-hydrogen) atoms. The predicted molar refractivity (Wildman–Crippen MR) is 25.8 cm³/mol. The Hall–Kier alpha value is -0.640. The fraction of sp³-hybridized carbons (Fsp3) is 1.00. The standard InChI is InChI=1S/C3H9N3O/c1-4-6-5-3-7-2/h3H2,1-2H3,(H,4,5). The molecule has 0 rings (SSSR count). The van der Waals surface area contributed by atoms with Gasteiger partial charge in [-0.2, -0.15) is 5.11 Å². The Balaban J connectivity index is 2.69. The summed E-state index contributed by atoms with van der Waals surface area (Å²) in [4.78, 5) is 0. The van der Waals surface area contributed by atoms with Crippen LogP contribution in [0, 0.1) is 0 Å². The first kappa shape index (κ1) is 6.36. The first-order valence-electron chi connectivity index (χ1n) is 1.92. The van der Waals surface area contributed by atoms with Gasteiger partial charge in [0.15, 0.2) is 0 Å². The number of hydrogen-bond acceptors (Lipinski definition) is 3. The quantitative estimate of drug-likeness (QED) is 0.239. The van der Waals surface area contributed by atoms with Gasteiger partial charge >= 0.3 is 0 Å². The molecule has 0 saturated heterocycles. The maximum Gasteiger partial charge on any atom is 0.133 e. The van der Waals surface area contributed by atoms with E-state index >= 15 is 0 Å². The van der Waals surface area contributed by atoms with Gasteiger partial charge in [-0.15, -0.1) is 0 Å². The molecule has 0 aliphatic carbocycles. The molecule has 0 amide bonds. The zero-order valence-corrected chi connectivity index (χ0v) is 4.51. The zero-order chi connectivity index (χ0) is 5.54. The highest BCUT2D eigenvalue weighted by molar-refractivity contribution is 4.12. The molecule has 0 fully saturated rings. The molecular weight excluding hydrogens is 94.1 g/mol. The smallest absolute Gasteiger partial charge is 0.133 e. The summed E-state index contributed by atoms with van der Waals surface area (Å²) in [6, 6.07) is 0. The van der Waals surface area contributed by atoms with Gasteiger partial charge in [0, 0.05) is 7.11 Å². The topological polar surface area (TPSA) is 46.0 Å². The van der Waals surface area contributed by atoms with Crippen molar-refractivity contribution < 1.29 is 4.74 Å². The second-order valence-corrected chi connectivity index (χ2v) is 0.891. The molecule has 0 aromatic carbocycles. The van der Waals surface area contributed by atoms with Crippen LogP contribution in [0.3, 0.4) is 0 Å². The first-order chi connectivity index (χ1) is 3.41. The number of nitrogens with zero attached hydrogens (tertiary/aromatic N) is 2. The maximum absolute atomic E-state index is 4.58. The van der Waals surface area contributed by atoms with E-state index in [0.29, 0.717) is 6.73 Å². The summed E-state index contributed by atoms with van der Waals surface area (Å²) >= 11 is 0. The van der Waals surface area contributed by atoms with Crippen LogP contribution in [0.2, 0.25) is 0 Å². The highest BCUT2D eigenvalue weighted by Gasteiger charge is 1.68. The monoisotopic (exact) mass is 103 g/mol. The van der Waals surface area contributed by atoms with E-state index in [-0.39, 0.29) is 0 Å².